The Morgan fingerprint density at radius 1 is 1.23 bits per heavy atom. The molecule has 78 valence electrons. The SMILES string of the molecule is COC1CCC(OC)C(C(C)O)C1. The topological polar surface area (TPSA) is 38.7 Å². The molecule has 0 amide bonds. The second-order valence-corrected chi connectivity index (χ2v) is 3.85. The minimum Gasteiger partial charge on any atom is -0.393 e. The summed E-state index contributed by atoms with van der Waals surface area (Å²) < 4.78 is 10.6. The van der Waals surface area contributed by atoms with Crippen molar-refractivity contribution in [3.63, 3.8) is 0 Å². The van der Waals surface area contributed by atoms with E-state index in [1.165, 1.54) is 0 Å². The Morgan fingerprint density at radius 3 is 2.38 bits per heavy atom. The molecule has 0 heterocycles. The number of rotatable bonds is 3. The van der Waals surface area contributed by atoms with Crippen LogP contribution in [0.15, 0.2) is 0 Å². The molecule has 4 unspecified atom stereocenters. The standard InChI is InChI=1S/C10H20O3/c1-7(11)9-6-8(12-2)4-5-10(9)13-3/h7-11H,4-6H2,1-3H3. The average molecular weight is 188 g/mol. The van der Waals surface area contributed by atoms with E-state index in [2.05, 4.69) is 0 Å². The summed E-state index contributed by atoms with van der Waals surface area (Å²) in [6.07, 6.45) is 3.13. The molecule has 0 aliphatic heterocycles. The lowest BCUT2D eigenvalue weighted by Gasteiger charge is -2.36. The largest absolute Gasteiger partial charge is 0.393 e. The Labute approximate surface area is 80.0 Å². The van der Waals surface area contributed by atoms with E-state index >= 15 is 0 Å². The van der Waals surface area contributed by atoms with Crippen molar-refractivity contribution in [2.24, 2.45) is 5.92 Å². The summed E-state index contributed by atoms with van der Waals surface area (Å²) >= 11 is 0. The van der Waals surface area contributed by atoms with E-state index in [1.54, 1.807) is 14.2 Å². The fourth-order valence-corrected chi connectivity index (χ4v) is 2.15. The van der Waals surface area contributed by atoms with Crippen molar-refractivity contribution in [1.82, 2.24) is 0 Å². The van der Waals surface area contributed by atoms with Crippen molar-refractivity contribution < 1.29 is 14.6 Å². The first-order chi connectivity index (χ1) is 6.19. The molecule has 1 saturated carbocycles. The van der Waals surface area contributed by atoms with E-state index in [0.717, 1.165) is 19.3 Å². The van der Waals surface area contributed by atoms with Gasteiger partial charge in [0.15, 0.2) is 0 Å². The van der Waals surface area contributed by atoms with Gasteiger partial charge in [0.05, 0.1) is 18.3 Å². The third-order valence-corrected chi connectivity index (χ3v) is 3.04. The monoisotopic (exact) mass is 188 g/mol. The lowest BCUT2D eigenvalue weighted by atomic mass is 9.81. The van der Waals surface area contributed by atoms with Gasteiger partial charge in [-0.05, 0) is 26.2 Å². The fourth-order valence-electron chi connectivity index (χ4n) is 2.15. The zero-order chi connectivity index (χ0) is 9.84. The van der Waals surface area contributed by atoms with Crippen LogP contribution in [0.4, 0.5) is 0 Å². The third kappa shape index (κ3) is 2.66. The van der Waals surface area contributed by atoms with E-state index in [-0.39, 0.29) is 18.1 Å². The Kier molecular flexibility index (Phi) is 4.16. The van der Waals surface area contributed by atoms with E-state index in [4.69, 9.17) is 9.47 Å². The summed E-state index contributed by atoms with van der Waals surface area (Å²) in [6, 6.07) is 0. The highest BCUT2D eigenvalue weighted by molar-refractivity contribution is 4.83. The first kappa shape index (κ1) is 11.0. The molecule has 0 aromatic heterocycles. The van der Waals surface area contributed by atoms with Gasteiger partial charge in [0.25, 0.3) is 0 Å². The number of ether oxygens (including phenoxy) is 2. The van der Waals surface area contributed by atoms with Crippen LogP contribution in [0.3, 0.4) is 0 Å². The summed E-state index contributed by atoms with van der Waals surface area (Å²) in [4.78, 5) is 0. The molecule has 1 N–H and O–H groups in total. The van der Waals surface area contributed by atoms with Crippen LogP contribution in [0.25, 0.3) is 0 Å². The molecule has 0 aromatic rings. The van der Waals surface area contributed by atoms with Crippen LogP contribution in [-0.2, 0) is 9.47 Å². The highest BCUT2D eigenvalue weighted by Gasteiger charge is 2.33. The maximum Gasteiger partial charge on any atom is 0.0626 e. The van der Waals surface area contributed by atoms with Crippen LogP contribution >= 0.6 is 0 Å². The summed E-state index contributed by atoms with van der Waals surface area (Å²) in [6.45, 7) is 1.83. The Bertz CT molecular complexity index is 147. The molecule has 4 atom stereocenters. The lowest BCUT2D eigenvalue weighted by molar-refractivity contribution is -0.0715. The second-order valence-electron chi connectivity index (χ2n) is 3.85. The molecule has 1 rings (SSSR count). The van der Waals surface area contributed by atoms with Crippen molar-refractivity contribution in [3.05, 3.63) is 0 Å². The molecule has 0 bridgehead atoms. The highest BCUT2D eigenvalue weighted by Crippen LogP contribution is 2.30. The van der Waals surface area contributed by atoms with Gasteiger partial charge in [-0.3, -0.25) is 0 Å². The molecular weight excluding hydrogens is 168 g/mol. The number of aliphatic hydroxyl groups excluding tert-OH is 1. The summed E-state index contributed by atoms with van der Waals surface area (Å²) in [7, 11) is 3.45. The lowest BCUT2D eigenvalue weighted by Crippen LogP contribution is -2.39. The highest BCUT2D eigenvalue weighted by atomic mass is 16.5. The molecule has 13 heavy (non-hydrogen) atoms. The maximum atomic E-state index is 9.56. The fraction of sp³-hybridized carbons (Fsp3) is 1.00. The third-order valence-electron chi connectivity index (χ3n) is 3.04. The smallest absolute Gasteiger partial charge is 0.0626 e. The molecule has 1 fully saturated rings. The molecule has 0 radical (unpaired) electrons. The van der Waals surface area contributed by atoms with Crippen LogP contribution in [0.1, 0.15) is 26.2 Å². The molecular formula is C10H20O3. The van der Waals surface area contributed by atoms with Gasteiger partial charge in [0.1, 0.15) is 0 Å². The van der Waals surface area contributed by atoms with E-state index in [0.29, 0.717) is 6.10 Å². The quantitative estimate of drug-likeness (QED) is 0.723. The van der Waals surface area contributed by atoms with Crippen LogP contribution in [-0.4, -0.2) is 37.6 Å². The number of aliphatic hydroxyl groups is 1. The van der Waals surface area contributed by atoms with E-state index in [9.17, 15) is 5.11 Å². The van der Waals surface area contributed by atoms with Crippen molar-refractivity contribution in [2.45, 2.75) is 44.5 Å². The molecule has 0 saturated heterocycles. The van der Waals surface area contributed by atoms with Crippen LogP contribution in [0.5, 0.6) is 0 Å². The second kappa shape index (κ2) is 4.94. The zero-order valence-electron chi connectivity index (χ0n) is 8.69. The summed E-state index contributed by atoms with van der Waals surface area (Å²) in [5.74, 6) is 0.226. The normalized spacial score (nSPS) is 37.4. The minimum atomic E-state index is -0.303. The molecule has 3 heteroatoms. The minimum absolute atomic E-state index is 0.200. The van der Waals surface area contributed by atoms with Gasteiger partial charge in [-0.1, -0.05) is 0 Å². The maximum absolute atomic E-state index is 9.56. The van der Waals surface area contributed by atoms with E-state index in [1.807, 2.05) is 6.92 Å². The van der Waals surface area contributed by atoms with Crippen molar-refractivity contribution in [1.29, 1.82) is 0 Å². The van der Waals surface area contributed by atoms with E-state index < -0.39 is 0 Å². The van der Waals surface area contributed by atoms with Crippen molar-refractivity contribution >= 4 is 0 Å². The number of hydrogen-bond donors (Lipinski definition) is 1. The Morgan fingerprint density at radius 2 is 1.92 bits per heavy atom. The van der Waals surface area contributed by atoms with Gasteiger partial charge < -0.3 is 14.6 Å². The van der Waals surface area contributed by atoms with Crippen molar-refractivity contribution in [2.75, 3.05) is 14.2 Å². The van der Waals surface area contributed by atoms with Crippen LogP contribution < -0.4 is 0 Å². The molecule has 1 aliphatic carbocycles. The Hall–Kier alpha value is -0.120. The van der Waals surface area contributed by atoms with Gasteiger partial charge in [-0.25, -0.2) is 0 Å². The zero-order valence-corrected chi connectivity index (χ0v) is 8.69. The number of hydrogen-bond acceptors (Lipinski definition) is 3. The van der Waals surface area contributed by atoms with Gasteiger partial charge in [-0.15, -0.1) is 0 Å². The van der Waals surface area contributed by atoms with Crippen LogP contribution in [0, 0.1) is 5.92 Å². The number of methoxy groups -OCH3 is 2. The van der Waals surface area contributed by atoms with Crippen LogP contribution in [0.2, 0.25) is 0 Å². The first-order valence-corrected chi connectivity index (χ1v) is 4.92. The predicted octanol–water partition coefficient (Wildman–Crippen LogP) is 1.20. The van der Waals surface area contributed by atoms with Gasteiger partial charge in [0, 0.05) is 20.1 Å². The summed E-state index contributed by atoms with van der Waals surface area (Å²) in [5, 5.41) is 9.56. The van der Waals surface area contributed by atoms with Crippen molar-refractivity contribution in [3.8, 4) is 0 Å². The first-order valence-electron chi connectivity index (χ1n) is 4.92. The molecule has 1 aliphatic rings. The van der Waals surface area contributed by atoms with Gasteiger partial charge >= 0.3 is 0 Å². The molecule has 0 spiro atoms. The average Bonchev–Trinajstić information content (AvgIpc) is 2.16. The predicted molar refractivity (Wildman–Crippen MR) is 50.6 cm³/mol. The molecule has 3 nitrogen and oxygen atoms in total. The summed E-state index contributed by atoms with van der Waals surface area (Å²) in [5.41, 5.74) is 0. The molecule has 0 aromatic carbocycles. The van der Waals surface area contributed by atoms with Gasteiger partial charge in [-0.2, -0.15) is 0 Å². The Balaban J connectivity index is 2.52. The van der Waals surface area contributed by atoms with Gasteiger partial charge in [0.2, 0.25) is 0 Å².